The maximum Gasteiger partial charge on any atom is 0.167 e. The number of phenols is 1. The van der Waals surface area contributed by atoms with Gasteiger partial charge < -0.3 is 14.7 Å². The Balaban J connectivity index is 1.81. The number of halogens is 2. The van der Waals surface area contributed by atoms with Crippen LogP contribution >= 0.6 is 31.9 Å². The van der Waals surface area contributed by atoms with Gasteiger partial charge in [-0.15, -0.1) is 0 Å². The first-order chi connectivity index (χ1) is 12.6. The first kappa shape index (κ1) is 19.2. The number of hydrogen-bond donors (Lipinski definition) is 1. The molecule has 1 saturated heterocycles. The van der Waals surface area contributed by atoms with Crippen molar-refractivity contribution in [1.82, 2.24) is 0 Å². The van der Waals surface area contributed by atoms with Crippen LogP contribution in [0.3, 0.4) is 0 Å². The van der Waals surface area contributed by atoms with Gasteiger partial charge in [0.05, 0.1) is 17.9 Å². The highest BCUT2D eigenvalue weighted by Gasteiger charge is 2.15. The average molecular weight is 482 g/mol. The van der Waals surface area contributed by atoms with E-state index < -0.39 is 0 Å². The van der Waals surface area contributed by atoms with Crippen LogP contribution in [0.25, 0.3) is 0 Å². The molecule has 0 unspecified atom stereocenters. The number of nitrogens with zero attached hydrogens (tertiary/aromatic N) is 2. The number of benzene rings is 2. The molecular formula is C20H22Br2N2O2. The number of anilines is 1. The number of rotatable bonds is 5. The molecule has 0 spiro atoms. The molecule has 1 aliphatic heterocycles. The minimum absolute atomic E-state index is 0.0793. The van der Waals surface area contributed by atoms with Crippen LogP contribution in [0.5, 0.6) is 11.5 Å². The molecule has 1 fully saturated rings. The zero-order chi connectivity index (χ0) is 18.5. The van der Waals surface area contributed by atoms with E-state index in [1.807, 2.05) is 19.1 Å². The van der Waals surface area contributed by atoms with E-state index in [-0.39, 0.29) is 5.75 Å². The first-order valence-corrected chi connectivity index (χ1v) is 10.4. The molecule has 26 heavy (non-hydrogen) atoms. The van der Waals surface area contributed by atoms with Crippen molar-refractivity contribution in [1.29, 1.82) is 0 Å². The molecule has 0 radical (unpaired) electrons. The second kappa shape index (κ2) is 8.91. The van der Waals surface area contributed by atoms with Crippen molar-refractivity contribution in [3.63, 3.8) is 0 Å². The topological polar surface area (TPSA) is 45.1 Å². The summed E-state index contributed by atoms with van der Waals surface area (Å²) in [7, 11) is 0. The molecule has 3 rings (SSSR count). The summed E-state index contributed by atoms with van der Waals surface area (Å²) in [6.07, 6.45) is 5.51. The van der Waals surface area contributed by atoms with Gasteiger partial charge in [0.25, 0.3) is 0 Å². The normalized spacial score (nSPS) is 14.8. The van der Waals surface area contributed by atoms with E-state index in [1.165, 1.54) is 24.9 Å². The van der Waals surface area contributed by atoms with E-state index in [1.54, 1.807) is 12.3 Å². The summed E-state index contributed by atoms with van der Waals surface area (Å²) < 4.78 is 7.03. The summed E-state index contributed by atoms with van der Waals surface area (Å²) in [5.74, 6) is 0.514. The summed E-state index contributed by atoms with van der Waals surface area (Å²) in [5, 5.41) is 10.4. The van der Waals surface area contributed by atoms with Crippen LogP contribution in [0.15, 0.2) is 44.3 Å². The van der Waals surface area contributed by atoms with Gasteiger partial charge in [-0.3, -0.25) is 4.99 Å². The van der Waals surface area contributed by atoms with E-state index in [0.29, 0.717) is 17.9 Å². The van der Waals surface area contributed by atoms with Gasteiger partial charge in [0, 0.05) is 33.9 Å². The van der Waals surface area contributed by atoms with Crippen LogP contribution < -0.4 is 9.64 Å². The van der Waals surface area contributed by atoms with Crippen molar-refractivity contribution in [2.75, 3.05) is 24.6 Å². The van der Waals surface area contributed by atoms with Crippen LogP contribution in [0, 0.1) is 0 Å². The van der Waals surface area contributed by atoms with Gasteiger partial charge >= 0.3 is 0 Å². The first-order valence-electron chi connectivity index (χ1n) is 8.83. The van der Waals surface area contributed by atoms with Crippen LogP contribution in [-0.2, 0) is 0 Å². The molecular weight excluding hydrogens is 460 g/mol. The van der Waals surface area contributed by atoms with Gasteiger partial charge in [0.15, 0.2) is 11.5 Å². The predicted molar refractivity (Wildman–Crippen MR) is 114 cm³/mol. The van der Waals surface area contributed by atoms with Crippen LogP contribution in [-0.4, -0.2) is 31.0 Å². The molecule has 1 heterocycles. The van der Waals surface area contributed by atoms with Gasteiger partial charge in [-0.25, -0.2) is 0 Å². The molecule has 0 aliphatic carbocycles. The van der Waals surface area contributed by atoms with Crippen molar-refractivity contribution in [3.8, 4) is 11.5 Å². The maximum absolute atomic E-state index is 10.4. The highest BCUT2D eigenvalue weighted by Crippen LogP contribution is 2.40. The summed E-state index contributed by atoms with van der Waals surface area (Å²) in [5.41, 5.74) is 2.67. The molecule has 1 aliphatic rings. The van der Waals surface area contributed by atoms with Gasteiger partial charge in [0.1, 0.15) is 0 Å². The SMILES string of the molecule is CCOc1cc(Br)c(Br)c(C=Nc2ccc(N3CCCCC3)cc2)c1O. The average Bonchev–Trinajstić information content (AvgIpc) is 2.67. The maximum atomic E-state index is 10.4. The fourth-order valence-electron chi connectivity index (χ4n) is 3.04. The molecule has 1 N–H and O–H groups in total. The second-order valence-corrected chi connectivity index (χ2v) is 7.84. The zero-order valence-electron chi connectivity index (χ0n) is 14.7. The van der Waals surface area contributed by atoms with Crippen LogP contribution in [0.4, 0.5) is 11.4 Å². The number of ether oxygens (including phenoxy) is 1. The molecule has 0 atom stereocenters. The predicted octanol–water partition coefficient (Wildman–Crippen LogP) is 6.06. The third kappa shape index (κ3) is 4.41. The minimum atomic E-state index is 0.0793. The molecule has 0 aromatic heterocycles. The molecule has 0 saturated carbocycles. The standard InChI is InChI=1S/C20H22Br2N2O2/c1-2-26-18-12-17(21)19(22)16(20(18)25)13-23-14-6-8-15(9-7-14)24-10-4-3-5-11-24/h6-9,12-13,25H,2-5,10-11H2,1H3. The third-order valence-corrected chi connectivity index (χ3v) is 6.42. The molecule has 138 valence electrons. The number of aliphatic imine (C=N–C) groups is 1. The smallest absolute Gasteiger partial charge is 0.167 e. The Morgan fingerprint density at radius 2 is 1.85 bits per heavy atom. The highest BCUT2D eigenvalue weighted by atomic mass is 79.9. The summed E-state index contributed by atoms with van der Waals surface area (Å²) in [4.78, 5) is 6.94. The Hall–Kier alpha value is -1.53. The quantitative estimate of drug-likeness (QED) is 0.528. The van der Waals surface area contributed by atoms with E-state index in [4.69, 9.17) is 4.74 Å². The molecule has 0 amide bonds. The van der Waals surface area contributed by atoms with Crippen molar-refractivity contribution in [3.05, 3.63) is 44.8 Å². The van der Waals surface area contributed by atoms with Gasteiger partial charge in [-0.1, -0.05) is 0 Å². The molecule has 4 nitrogen and oxygen atoms in total. The number of phenolic OH excluding ortho intramolecular Hbond substituents is 1. The molecule has 2 aromatic rings. The van der Waals surface area contributed by atoms with Gasteiger partial charge in [-0.2, -0.15) is 0 Å². The van der Waals surface area contributed by atoms with Crippen molar-refractivity contribution in [2.24, 2.45) is 4.99 Å². The van der Waals surface area contributed by atoms with E-state index in [0.717, 1.165) is 27.7 Å². The Bertz CT molecular complexity index is 785. The molecule has 6 heteroatoms. The zero-order valence-corrected chi connectivity index (χ0v) is 17.9. The summed E-state index contributed by atoms with van der Waals surface area (Å²) >= 11 is 6.97. The van der Waals surface area contributed by atoms with Gasteiger partial charge in [-0.05, 0) is 88.4 Å². The molecule has 2 aromatic carbocycles. The molecule has 0 bridgehead atoms. The fourth-order valence-corrected chi connectivity index (χ4v) is 3.86. The van der Waals surface area contributed by atoms with E-state index in [9.17, 15) is 5.11 Å². The summed E-state index contributed by atoms with van der Waals surface area (Å²) in [6, 6.07) is 9.98. The minimum Gasteiger partial charge on any atom is -0.504 e. The van der Waals surface area contributed by atoms with Gasteiger partial charge in [0.2, 0.25) is 0 Å². The lowest BCUT2D eigenvalue weighted by Crippen LogP contribution is -2.29. The lowest BCUT2D eigenvalue weighted by Gasteiger charge is -2.28. The fraction of sp³-hybridized carbons (Fsp3) is 0.350. The Kier molecular flexibility index (Phi) is 6.59. The van der Waals surface area contributed by atoms with Crippen molar-refractivity contribution in [2.45, 2.75) is 26.2 Å². The van der Waals surface area contributed by atoms with Crippen LogP contribution in [0.1, 0.15) is 31.7 Å². The Morgan fingerprint density at radius 3 is 2.50 bits per heavy atom. The second-order valence-electron chi connectivity index (χ2n) is 6.19. The van der Waals surface area contributed by atoms with Crippen molar-refractivity contribution < 1.29 is 9.84 Å². The number of hydrogen-bond acceptors (Lipinski definition) is 4. The monoisotopic (exact) mass is 480 g/mol. The summed E-state index contributed by atoms with van der Waals surface area (Å²) in [6.45, 7) is 4.62. The van der Waals surface area contributed by atoms with Crippen molar-refractivity contribution >= 4 is 49.4 Å². The Labute approximate surface area is 171 Å². The number of piperidine rings is 1. The highest BCUT2D eigenvalue weighted by molar-refractivity contribution is 9.13. The Morgan fingerprint density at radius 1 is 1.15 bits per heavy atom. The van der Waals surface area contributed by atoms with Crippen LogP contribution in [0.2, 0.25) is 0 Å². The van der Waals surface area contributed by atoms with E-state index in [2.05, 4.69) is 53.9 Å². The lowest BCUT2D eigenvalue weighted by atomic mass is 10.1. The largest absolute Gasteiger partial charge is 0.504 e. The number of aromatic hydroxyl groups is 1. The third-order valence-electron chi connectivity index (χ3n) is 4.41. The van der Waals surface area contributed by atoms with E-state index >= 15 is 0 Å². The lowest BCUT2D eigenvalue weighted by molar-refractivity contribution is 0.317.